The van der Waals surface area contributed by atoms with Gasteiger partial charge >= 0.3 is 0 Å². The molecule has 0 bridgehead atoms. The van der Waals surface area contributed by atoms with Gasteiger partial charge in [0.1, 0.15) is 0 Å². The van der Waals surface area contributed by atoms with E-state index in [4.69, 9.17) is 16.3 Å². The largest absolute Gasteiger partial charge is 0.387 e. The van der Waals surface area contributed by atoms with Gasteiger partial charge in [-0.3, -0.25) is 0 Å². The lowest BCUT2D eigenvalue weighted by Crippen LogP contribution is -2.28. The minimum absolute atomic E-state index is 0.552. The van der Waals surface area contributed by atoms with E-state index in [0.29, 0.717) is 18.2 Å². The molecule has 3 nitrogen and oxygen atoms in total. The molecular weight excluding hydrogens is 238 g/mol. The predicted octanol–water partition coefficient (Wildman–Crippen LogP) is 2.34. The van der Waals surface area contributed by atoms with Crippen molar-refractivity contribution >= 4 is 11.6 Å². The number of benzene rings is 1. The second kappa shape index (κ2) is 7.67. The van der Waals surface area contributed by atoms with E-state index >= 15 is 0 Å². The number of hydrogen-bond acceptors (Lipinski definition) is 3. The molecule has 1 atom stereocenters. The minimum atomic E-state index is -0.560. The Morgan fingerprint density at radius 3 is 2.76 bits per heavy atom. The molecule has 1 N–H and O–H groups in total. The number of ether oxygens (including phenoxy) is 1. The number of rotatable bonds is 7. The first-order valence-corrected chi connectivity index (χ1v) is 6.21. The van der Waals surface area contributed by atoms with Crippen molar-refractivity contribution in [3.63, 3.8) is 0 Å². The number of nitrogens with zero attached hydrogens (tertiary/aromatic N) is 1. The zero-order valence-electron chi connectivity index (χ0n) is 10.4. The topological polar surface area (TPSA) is 32.7 Å². The van der Waals surface area contributed by atoms with Crippen molar-refractivity contribution in [2.75, 3.05) is 33.4 Å². The predicted molar refractivity (Wildman–Crippen MR) is 70.4 cm³/mol. The van der Waals surface area contributed by atoms with Gasteiger partial charge in [-0.05, 0) is 20.0 Å². The molecule has 1 unspecified atom stereocenters. The Bertz CT molecular complexity index is 333. The third-order valence-corrected chi connectivity index (χ3v) is 2.91. The van der Waals surface area contributed by atoms with Gasteiger partial charge in [-0.25, -0.2) is 0 Å². The summed E-state index contributed by atoms with van der Waals surface area (Å²) in [6, 6.07) is 7.38. The van der Waals surface area contributed by atoms with Gasteiger partial charge in [0.2, 0.25) is 0 Å². The fourth-order valence-electron chi connectivity index (χ4n) is 1.59. The van der Waals surface area contributed by atoms with Gasteiger partial charge in [-0.2, -0.15) is 0 Å². The molecule has 0 amide bonds. The zero-order valence-corrected chi connectivity index (χ0v) is 11.2. The Morgan fingerprint density at radius 2 is 2.12 bits per heavy atom. The summed E-state index contributed by atoms with van der Waals surface area (Å²) in [6.45, 7) is 4.73. The van der Waals surface area contributed by atoms with Crippen LogP contribution in [0.15, 0.2) is 24.3 Å². The highest BCUT2D eigenvalue weighted by Gasteiger charge is 2.13. The maximum absolute atomic E-state index is 10.1. The smallest absolute Gasteiger partial charge is 0.0931 e. The van der Waals surface area contributed by atoms with E-state index in [1.807, 2.05) is 37.1 Å². The Balaban J connectivity index is 2.43. The maximum Gasteiger partial charge on any atom is 0.0931 e. The van der Waals surface area contributed by atoms with E-state index in [-0.39, 0.29) is 0 Å². The van der Waals surface area contributed by atoms with E-state index < -0.39 is 6.10 Å². The van der Waals surface area contributed by atoms with Crippen LogP contribution in [0.2, 0.25) is 5.02 Å². The number of likely N-dealkylation sites (N-methyl/N-ethyl adjacent to an activating group) is 1. The van der Waals surface area contributed by atoms with Gasteiger partial charge in [0.05, 0.1) is 12.7 Å². The zero-order chi connectivity index (χ0) is 12.7. The SMILES string of the molecule is CCOCCN(C)CC(O)c1ccccc1Cl. The Kier molecular flexibility index (Phi) is 6.52. The maximum atomic E-state index is 10.1. The fourth-order valence-corrected chi connectivity index (χ4v) is 1.86. The first-order chi connectivity index (χ1) is 8.15. The summed E-state index contributed by atoms with van der Waals surface area (Å²) in [4.78, 5) is 2.03. The molecule has 0 spiro atoms. The highest BCUT2D eigenvalue weighted by molar-refractivity contribution is 6.31. The van der Waals surface area contributed by atoms with Crippen LogP contribution in [-0.2, 0) is 4.74 Å². The van der Waals surface area contributed by atoms with Crippen LogP contribution in [-0.4, -0.2) is 43.4 Å². The molecule has 0 aromatic heterocycles. The number of aliphatic hydroxyl groups excluding tert-OH is 1. The van der Waals surface area contributed by atoms with E-state index in [9.17, 15) is 5.11 Å². The summed E-state index contributed by atoms with van der Waals surface area (Å²) in [5.41, 5.74) is 0.775. The highest BCUT2D eigenvalue weighted by atomic mass is 35.5. The van der Waals surface area contributed by atoms with Crippen LogP contribution in [0, 0.1) is 0 Å². The van der Waals surface area contributed by atoms with Crippen molar-refractivity contribution in [1.82, 2.24) is 4.90 Å². The summed E-state index contributed by atoms with van der Waals surface area (Å²) in [5.74, 6) is 0. The van der Waals surface area contributed by atoms with Crippen molar-refractivity contribution in [2.24, 2.45) is 0 Å². The third kappa shape index (κ3) is 5.04. The molecule has 0 aliphatic carbocycles. The summed E-state index contributed by atoms with van der Waals surface area (Å²) < 4.78 is 5.27. The molecule has 0 heterocycles. The lowest BCUT2D eigenvalue weighted by molar-refractivity contribution is 0.0891. The van der Waals surface area contributed by atoms with Crippen LogP contribution in [0.5, 0.6) is 0 Å². The average molecular weight is 258 g/mol. The van der Waals surface area contributed by atoms with E-state index in [2.05, 4.69) is 0 Å². The molecule has 17 heavy (non-hydrogen) atoms. The van der Waals surface area contributed by atoms with Crippen LogP contribution in [0.1, 0.15) is 18.6 Å². The standard InChI is InChI=1S/C13H20ClNO2/c1-3-17-9-8-15(2)10-13(16)11-6-4-5-7-12(11)14/h4-7,13,16H,3,8-10H2,1-2H3. The number of hydrogen-bond donors (Lipinski definition) is 1. The molecule has 0 aliphatic heterocycles. The number of aliphatic hydroxyl groups is 1. The molecule has 0 radical (unpaired) electrons. The molecule has 0 saturated heterocycles. The van der Waals surface area contributed by atoms with Crippen molar-refractivity contribution in [3.8, 4) is 0 Å². The molecule has 96 valence electrons. The van der Waals surface area contributed by atoms with Gasteiger partial charge in [-0.1, -0.05) is 29.8 Å². The summed E-state index contributed by atoms with van der Waals surface area (Å²) in [7, 11) is 1.96. The van der Waals surface area contributed by atoms with Gasteiger partial charge < -0.3 is 14.7 Å². The minimum Gasteiger partial charge on any atom is -0.387 e. The summed E-state index contributed by atoms with van der Waals surface area (Å²) >= 11 is 6.03. The van der Waals surface area contributed by atoms with Crippen LogP contribution in [0.25, 0.3) is 0 Å². The normalized spacial score (nSPS) is 13.0. The molecule has 1 aromatic carbocycles. The second-order valence-corrected chi connectivity index (χ2v) is 4.40. The first kappa shape index (κ1) is 14.5. The Hall–Kier alpha value is -0.610. The van der Waals surface area contributed by atoms with Gasteiger partial charge in [0.15, 0.2) is 0 Å². The third-order valence-electron chi connectivity index (χ3n) is 2.57. The van der Waals surface area contributed by atoms with Gasteiger partial charge in [-0.15, -0.1) is 0 Å². The Labute approximate surface area is 108 Å². The number of halogens is 1. The van der Waals surface area contributed by atoms with Crippen molar-refractivity contribution < 1.29 is 9.84 Å². The highest BCUT2D eigenvalue weighted by Crippen LogP contribution is 2.22. The Morgan fingerprint density at radius 1 is 1.41 bits per heavy atom. The van der Waals surface area contributed by atoms with E-state index in [1.165, 1.54) is 0 Å². The van der Waals surface area contributed by atoms with Crippen molar-refractivity contribution in [1.29, 1.82) is 0 Å². The molecule has 0 aliphatic rings. The quantitative estimate of drug-likeness (QED) is 0.761. The van der Waals surface area contributed by atoms with Crippen molar-refractivity contribution in [2.45, 2.75) is 13.0 Å². The lowest BCUT2D eigenvalue weighted by Gasteiger charge is -2.21. The van der Waals surface area contributed by atoms with Gasteiger partial charge in [0, 0.05) is 30.3 Å². The van der Waals surface area contributed by atoms with Crippen LogP contribution in [0.4, 0.5) is 0 Å². The molecular formula is C13H20ClNO2. The molecule has 1 rings (SSSR count). The summed E-state index contributed by atoms with van der Waals surface area (Å²) in [6.07, 6.45) is -0.560. The fraction of sp³-hybridized carbons (Fsp3) is 0.538. The molecule has 1 aromatic rings. The second-order valence-electron chi connectivity index (χ2n) is 4.00. The monoisotopic (exact) mass is 257 g/mol. The van der Waals surface area contributed by atoms with E-state index in [0.717, 1.165) is 18.7 Å². The van der Waals surface area contributed by atoms with Crippen LogP contribution < -0.4 is 0 Å². The van der Waals surface area contributed by atoms with Crippen LogP contribution in [0.3, 0.4) is 0 Å². The summed E-state index contributed by atoms with van der Waals surface area (Å²) in [5, 5.41) is 10.7. The molecule has 0 fully saturated rings. The lowest BCUT2D eigenvalue weighted by atomic mass is 10.1. The average Bonchev–Trinajstić information content (AvgIpc) is 2.29. The van der Waals surface area contributed by atoms with Crippen LogP contribution >= 0.6 is 11.6 Å². The van der Waals surface area contributed by atoms with E-state index in [1.54, 1.807) is 6.07 Å². The van der Waals surface area contributed by atoms with Gasteiger partial charge in [0.25, 0.3) is 0 Å². The molecule has 4 heteroatoms. The first-order valence-electron chi connectivity index (χ1n) is 5.84. The molecule has 0 saturated carbocycles. The van der Waals surface area contributed by atoms with Crippen molar-refractivity contribution in [3.05, 3.63) is 34.9 Å².